The van der Waals surface area contributed by atoms with Crippen LogP contribution < -0.4 is 4.90 Å². The van der Waals surface area contributed by atoms with Gasteiger partial charge >= 0.3 is 0 Å². The molecule has 0 fully saturated rings. The van der Waals surface area contributed by atoms with Crippen LogP contribution in [0.1, 0.15) is 0 Å². The molecular formula is C17H15FN2. The number of hydrogen-bond acceptors (Lipinski definition) is 2. The molecule has 0 radical (unpaired) electrons. The molecule has 0 bridgehead atoms. The second kappa shape index (κ2) is 4.93. The fourth-order valence-electron chi connectivity index (χ4n) is 2.29. The van der Waals surface area contributed by atoms with Crippen LogP contribution in [0.4, 0.5) is 10.2 Å². The van der Waals surface area contributed by atoms with Crippen molar-refractivity contribution in [1.29, 1.82) is 0 Å². The topological polar surface area (TPSA) is 16.1 Å². The molecule has 0 aliphatic heterocycles. The largest absolute Gasteiger partial charge is 0.362 e. The number of fused-ring (bicyclic) bond motifs is 1. The number of benzene rings is 2. The minimum atomic E-state index is -0.234. The third kappa shape index (κ3) is 2.23. The van der Waals surface area contributed by atoms with Crippen LogP contribution in [-0.4, -0.2) is 19.1 Å². The predicted molar refractivity (Wildman–Crippen MR) is 81.5 cm³/mol. The van der Waals surface area contributed by atoms with Gasteiger partial charge in [0.2, 0.25) is 0 Å². The number of pyridine rings is 1. The van der Waals surface area contributed by atoms with Crippen molar-refractivity contribution in [3.63, 3.8) is 0 Å². The Kier molecular flexibility index (Phi) is 3.11. The van der Waals surface area contributed by atoms with Crippen molar-refractivity contribution in [3.05, 3.63) is 60.4 Å². The van der Waals surface area contributed by atoms with Gasteiger partial charge in [-0.25, -0.2) is 9.37 Å². The summed E-state index contributed by atoms with van der Waals surface area (Å²) in [6.45, 7) is 0. The summed E-state index contributed by atoms with van der Waals surface area (Å²) < 4.78 is 13.0. The first-order valence-corrected chi connectivity index (χ1v) is 6.48. The summed E-state index contributed by atoms with van der Waals surface area (Å²) in [6, 6.07) is 16.6. The number of anilines is 1. The standard InChI is InChI=1S/C17H15FN2/c1-20(2)17-15-6-4-3-5-13(15)11-16(19-17)12-7-9-14(18)10-8-12/h3-11H,1-2H3. The fraction of sp³-hybridized carbons (Fsp3) is 0.118. The highest BCUT2D eigenvalue weighted by Crippen LogP contribution is 2.29. The zero-order valence-electron chi connectivity index (χ0n) is 11.5. The fourth-order valence-corrected chi connectivity index (χ4v) is 2.29. The van der Waals surface area contributed by atoms with Gasteiger partial charge in [-0.05, 0) is 35.7 Å². The lowest BCUT2D eigenvalue weighted by atomic mass is 10.1. The molecule has 0 saturated heterocycles. The van der Waals surface area contributed by atoms with Gasteiger partial charge in [-0.3, -0.25) is 0 Å². The summed E-state index contributed by atoms with van der Waals surface area (Å²) in [5.41, 5.74) is 1.77. The summed E-state index contributed by atoms with van der Waals surface area (Å²) in [5.74, 6) is 0.685. The lowest BCUT2D eigenvalue weighted by Gasteiger charge is -2.16. The second-order valence-corrected chi connectivity index (χ2v) is 4.95. The molecule has 0 aliphatic carbocycles. The SMILES string of the molecule is CN(C)c1nc(-c2ccc(F)cc2)cc2ccccc12. The Morgan fingerprint density at radius 3 is 2.35 bits per heavy atom. The van der Waals surface area contributed by atoms with Crippen molar-refractivity contribution in [3.8, 4) is 11.3 Å². The molecule has 3 rings (SSSR count). The molecule has 0 atom stereocenters. The van der Waals surface area contributed by atoms with Gasteiger partial charge in [-0.1, -0.05) is 24.3 Å². The van der Waals surface area contributed by atoms with E-state index in [2.05, 4.69) is 12.1 Å². The van der Waals surface area contributed by atoms with E-state index in [9.17, 15) is 4.39 Å². The number of nitrogens with zero attached hydrogens (tertiary/aromatic N) is 2. The van der Waals surface area contributed by atoms with Gasteiger partial charge < -0.3 is 4.90 Å². The van der Waals surface area contributed by atoms with Crippen molar-refractivity contribution >= 4 is 16.6 Å². The van der Waals surface area contributed by atoms with Crippen molar-refractivity contribution in [2.24, 2.45) is 0 Å². The highest BCUT2D eigenvalue weighted by Gasteiger charge is 2.09. The monoisotopic (exact) mass is 266 g/mol. The Morgan fingerprint density at radius 2 is 1.65 bits per heavy atom. The molecule has 100 valence electrons. The first-order valence-electron chi connectivity index (χ1n) is 6.48. The molecule has 3 aromatic rings. The van der Waals surface area contributed by atoms with Gasteiger partial charge in [-0.2, -0.15) is 0 Å². The first kappa shape index (κ1) is 12.6. The van der Waals surface area contributed by atoms with Crippen LogP contribution in [0, 0.1) is 5.82 Å². The lowest BCUT2D eigenvalue weighted by molar-refractivity contribution is 0.628. The summed E-state index contributed by atoms with van der Waals surface area (Å²) in [7, 11) is 3.95. The van der Waals surface area contributed by atoms with Crippen LogP contribution in [0.2, 0.25) is 0 Å². The summed E-state index contributed by atoms with van der Waals surface area (Å²) in [4.78, 5) is 6.70. The maximum atomic E-state index is 13.0. The molecule has 0 amide bonds. The molecule has 1 heterocycles. The van der Waals surface area contributed by atoms with E-state index in [1.165, 1.54) is 12.1 Å². The van der Waals surface area contributed by atoms with Crippen LogP contribution in [0.5, 0.6) is 0 Å². The van der Waals surface area contributed by atoms with Gasteiger partial charge in [0.25, 0.3) is 0 Å². The molecule has 2 nitrogen and oxygen atoms in total. The van der Waals surface area contributed by atoms with Gasteiger partial charge in [0, 0.05) is 25.0 Å². The number of rotatable bonds is 2. The van der Waals surface area contributed by atoms with Gasteiger partial charge in [0.05, 0.1) is 5.69 Å². The van der Waals surface area contributed by atoms with E-state index in [1.807, 2.05) is 37.2 Å². The maximum absolute atomic E-state index is 13.0. The number of aromatic nitrogens is 1. The molecular weight excluding hydrogens is 251 g/mol. The second-order valence-electron chi connectivity index (χ2n) is 4.95. The van der Waals surface area contributed by atoms with Crippen LogP contribution in [0.15, 0.2) is 54.6 Å². The predicted octanol–water partition coefficient (Wildman–Crippen LogP) is 4.11. The molecule has 1 aromatic heterocycles. The van der Waals surface area contributed by atoms with E-state index in [0.717, 1.165) is 27.8 Å². The molecule has 3 heteroatoms. The Hall–Kier alpha value is -2.42. The summed E-state index contributed by atoms with van der Waals surface area (Å²) in [5, 5.41) is 2.24. The van der Waals surface area contributed by atoms with Crippen LogP contribution in [-0.2, 0) is 0 Å². The molecule has 20 heavy (non-hydrogen) atoms. The van der Waals surface area contributed by atoms with E-state index >= 15 is 0 Å². The summed E-state index contributed by atoms with van der Waals surface area (Å²) >= 11 is 0. The highest BCUT2D eigenvalue weighted by molar-refractivity contribution is 5.94. The van der Waals surface area contributed by atoms with Crippen LogP contribution in [0.3, 0.4) is 0 Å². The van der Waals surface area contributed by atoms with E-state index in [4.69, 9.17) is 4.98 Å². The number of halogens is 1. The molecule has 0 spiro atoms. The van der Waals surface area contributed by atoms with E-state index < -0.39 is 0 Å². The van der Waals surface area contributed by atoms with E-state index in [0.29, 0.717) is 0 Å². The van der Waals surface area contributed by atoms with Crippen molar-refractivity contribution < 1.29 is 4.39 Å². The number of hydrogen-bond donors (Lipinski definition) is 0. The average Bonchev–Trinajstić information content (AvgIpc) is 2.46. The quantitative estimate of drug-likeness (QED) is 0.694. The molecule has 2 aromatic carbocycles. The van der Waals surface area contributed by atoms with Crippen molar-refractivity contribution in [1.82, 2.24) is 4.98 Å². The molecule has 0 unspecified atom stereocenters. The zero-order chi connectivity index (χ0) is 14.1. The van der Waals surface area contributed by atoms with Gasteiger partial charge in [0.15, 0.2) is 0 Å². The Bertz CT molecular complexity index is 749. The van der Waals surface area contributed by atoms with E-state index in [1.54, 1.807) is 12.1 Å². The van der Waals surface area contributed by atoms with Crippen LogP contribution >= 0.6 is 0 Å². The molecule has 0 saturated carbocycles. The maximum Gasteiger partial charge on any atom is 0.136 e. The molecule has 0 N–H and O–H groups in total. The third-order valence-corrected chi connectivity index (χ3v) is 3.28. The Labute approximate surface area is 117 Å². The van der Waals surface area contributed by atoms with Crippen LogP contribution in [0.25, 0.3) is 22.0 Å². The lowest BCUT2D eigenvalue weighted by Crippen LogP contribution is -2.11. The summed E-state index contributed by atoms with van der Waals surface area (Å²) in [6.07, 6.45) is 0. The first-order chi connectivity index (χ1) is 9.65. The van der Waals surface area contributed by atoms with E-state index in [-0.39, 0.29) is 5.82 Å². The minimum Gasteiger partial charge on any atom is -0.362 e. The Balaban J connectivity index is 2.24. The minimum absolute atomic E-state index is 0.234. The smallest absolute Gasteiger partial charge is 0.136 e. The average molecular weight is 266 g/mol. The van der Waals surface area contributed by atoms with Gasteiger partial charge in [-0.15, -0.1) is 0 Å². The zero-order valence-corrected chi connectivity index (χ0v) is 11.5. The third-order valence-electron chi connectivity index (χ3n) is 3.28. The van der Waals surface area contributed by atoms with Crippen molar-refractivity contribution in [2.45, 2.75) is 0 Å². The van der Waals surface area contributed by atoms with Crippen molar-refractivity contribution in [2.75, 3.05) is 19.0 Å². The molecule has 0 aliphatic rings. The van der Waals surface area contributed by atoms with Gasteiger partial charge in [0.1, 0.15) is 11.6 Å². The normalized spacial score (nSPS) is 10.8. The Morgan fingerprint density at radius 1 is 0.950 bits per heavy atom. The highest BCUT2D eigenvalue weighted by atomic mass is 19.1.